The van der Waals surface area contributed by atoms with Crippen molar-refractivity contribution in [2.75, 3.05) is 26.4 Å². The zero-order valence-electron chi connectivity index (χ0n) is 67.7. The first-order valence-corrected chi connectivity index (χ1v) is 48.6. The second kappa shape index (κ2) is 31.7. The molecule has 119 heavy (non-hydrogen) atoms. The summed E-state index contributed by atoms with van der Waals surface area (Å²) in [5, 5.41) is 46.0. The summed E-state index contributed by atoms with van der Waals surface area (Å²) in [6.45, 7) is 5.82. The van der Waals surface area contributed by atoms with Crippen LogP contribution in [0, 0.1) is 80.8 Å². The van der Waals surface area contributed by atoms with Crippen LogP contribution in [0.4, 0.5) is 17.6 Å². The van der Waals surface area contributed by atoms with E-state index >= 15 is 0 Å². The third kappa shape index (κ3) is 16.6. The predicted molar refractivity (Wildman–Crippen MR) is 437 cm³/mol. The largest absolute Gasteiger partial charge is 0.457 e. The molecule has 20 unspecified atom stereocenters. The van der Waals surface area contributed by atoms with E-state index in [1.54, 1.807) is 24.3 Å². The van der Waals surface area contributed by atoms with Gasteiger partial charge in [-0.3, -0.25) is 9.11 Å². The second-order valence-corrected chi connectivity index (χ2v) is 46.3. The van der Waals surface area contributed by atoms with Crippen LogP contribution >= 0.6 is 0 Å². The highest BCUT2D eigenvalue weighted by Crippen LogP contribution is 2.69. The maximum Gasteiger partial charge on any atom is 0.430 e. The van der Waals surface area contributed by atoms with Crippen LogP contribution < -0.4 is 9.47 Å². The molecule has 0 spiro atoms. The van der Waals surface area contributed by atoms with E-state index in [0.717, 1.165) is 182 Å². The number of rotatable bonds is 34. The van der Waals surface area contributed by atoms with Gasteiger partial charge in [0.15, 0.2) is 40.9 Å². The second-order valence-electron chi connectivity index (χ2n) is 39.2. The Kier molecular flexibility index (Phi) is 22.5. The predicted octanol–water partition coefficient (Wildman–Crippen LogP) is 17.3. The maximum atomic E-state index is 14.4. The van der Waals surface area contributed by atoms with Gasteiger partial charge in [-0.25, -0.2) is 0 Å². The molecule has 15 fully saturated rings. The zero-order valence-corrected chi connectivity index (χ0v) is 70.9. The van der Waals surface area contributed by atoms with Gasteiger partial charge >= 0.3 is 30.7 Å². The highest BCUT2D eigenvalue weighted by atomic mass is 32.2. The number of hydrogen-bond donors (Lipinski definition) is 7. The van der Waals surface area contributed by atoms with Gasteiger partial charge in [-0.15, -0.1) is 0 Å². The van der Waals surface area contributed by atoms with Crippen LogP contribution in [0.2, 0.25) is 0 Å². The highest BCUT2D eigenvalue weighted by molar-refractivity contribution is 7.97. The molecule has 20 atom stereocenters. The first kappa shape index (κ1) is 84.6. The summed E-state index contributed by atoms with van der Waals surface area (Å²) < 4.78 is 168. The molecule has 644 valence electrons. The van der Waals surface area contributed by atoms with Gasteiger partial charge in [-0.2, -0.15) is 34.4 Å². The van der Waals surface area contributed by atoms with Gasteiger partial charge in [0.2, 0.25) is 0 Å². The Balaban J connectivity index is 0.577. The molecule has 15 bridgehead atoms. The van der Waals surface area contributed by atoms with E-state index in [4.69, 9.17) is 42.3 Å². The summed E-state index contributed by atoms with van der Waals surface area (Å²) in [6, 6.07) is 48.4. The molecule has 15 aliphatic rings. The van der Waals surface area contributed by atoms with E-state index in [9.17, 15) is 59.9 Å². The minimum Gasteiger partial charge on any atom is -0.457 e. The number of aliphatic hydroxyl groups excluding tert-OH is 3. The molecule has 0 radical (unpaired) electrons. The molecule has 6 aromatic carbocycles. The van der Waals surface area contributed by atoms with Crippen molar-refractivity contribution < 1.29 is 102 Å². The van der Waals surface area contributed by atoms with Crippen molar-refractivity contribution in [3.8, 4) is 11.5 Å². The van der Waals surface area contributed by atoms with Crippen LogP contribution in [0.15, 0.2) is 187 Å². The number of alkyl halides is 4. The maximum absolute atomic E-state index is 14.4. The molecule has 15 saturated carbocycles. The van der Waals surface area contributed by atoms with E-state index < -0.39 is 87.9 Å². The Hall–Kier alpha value is -5.24. The van der Waals surface area contributed by atoms with Crippen LogP contribution in [0.5, 0.6) is 11.5 Å². The van der Waals surface area contributed by atoms with Crippen molar-refractivity contribution in [3.63, 3.8) is 0 Å². The lowest BCUT2D eigenvalue weighted by Crippen LogP contribution is -2.65. The molecule has 15 aliphatic carbocycles. The van der Waals surface area contributed by atoms with Gasteiger partial charge in [0.25, 0.3) is 12.6 Å². The van der Waals surface area contributed by atoms with Crippen LogP contribution in [-0.2, 0) is 77.3 Å². The quantitative estimate of drug-likeness (QED) is 0.00856. The molecular formula is C93H114F4O18S4+2. The SMILES string of the molecule is CC(OCCC12CCC3CC(O)C(CC3C1)C2)(OCCC12CC3CC(C1)C(OC1C4CC5CC(O)(C4)CC1(CCOC(C)(OCCC14CC6CC(CC(O)(C6)C1)C4)c1ccc([S+](c4ccccc4)c4ccc(OC(O)C(F)(F)S(=O)(=O)O)cc4)cc1)C5)C(C3)C2)c1ccc([S+](c2ccccc2)c2ccc(OC(O)C(F)(F)S(=O)(=O)O)cc2)cc1. The molecular weight excluding hydrogens is 1610 g/mol. The van der Waals surface area contributed by atoms with Gasteiger partial charge in [0, 0.05) is 16.5 Å². The van der Waals surface area contributed by atoms with Gasteiger partial charge in [-0.05, 0) is 378 Å². The monoisotopic (exact) mass is 1720 g/mol. The minimum absolute atomic E-state index is 0.0113. The lowest BCUT2D eigenvalue weighted by Gasteiger charge is -2.66. The third-order valence-corrected chi connectivity index (χ3v) is 37.2. The van der Waals surface area contributed by atoms with Gasteiger partial charge in [-0.1, -0.05) is 36.4 Å². The van der Waals surface area contributed by atoms with E-state index in [-0.39, 0.29) is 57.4 Å². The zero-order chi connectivity index (χ0) is 83.1. The van der Waals surface area contributed by atoms with E-state index in [1.807, 2.05) is 67.6 Å². The smallest absolute Gasteiger partial charge is 0.430 e. The fraction of sp³-hybridized carbons (Fsp3) is 0.613. The standard InChI is InChI=1S/C93H112F4O18S4/c1-84(109-35-31-86-30-29-63-44-79(98)65(53-86)43-64(63)52-86,69-13-21-75(22-14-69)116(73-9-5-3-6-10-73)77-25-17-71(18-26-77)113-82(99)92(94,95)118(103,104)105)110-36-32-87-45-59-40-66(54-87)80(67(41-59)55-87)115-81-68-42-62-48-89(81,58-91(102,51-62)56-68)34-38-112-85(2,111-37-33-88-46-60-39-61(47-88)50-90(101,49-60)57-88)70-15-23-76(24-16-70)117(74-11-7-4-8-12-74)78-27-19-72(20-28-78)114-83(100)93(96,97)119(106,107)108/h3-28,59-68,79-83,98-102H,29-58H2,1-2H3/p+2. The first-order chi connectivity index (χ1) is 56.5. The van der Waals surface area contributed by atoms with Gasteiger partial charge < -0.3 is 58.7 Å². The number of aliphatic hydroxyl groups is 5. The summed E-state index contributed by atoms with van der Waals surface area (Å²) in [6.07, 6.45) is 18.7. The van der Waals surface area contributed by atoms with Gasteiger partial charge in [0.05, 0.1) is 77.7 Å². The lowest BCUT2D eigenvalue weighted by molar-refractivity contribution is -0.286. The number of benzene rings is 6. The van der Waals surface area contributed by atoms with Crippen molar-refractivity contribution in [1.82, 2.24) is 0 Å². The number of hydrogen-bond acceptors (Lipinski definition) is 16. The highest BCUT2D eigenvalue weighted by Gasteiger charge is 2.66. The number of ether oxygens (including phenoxy) is 7. The molecule has 6 aromatic rings. The fourth-order valence-electron chi connectivity index (χ4n) is 26.8. The Morgan fingerprint density at radius 2 is 0.824 bits per heavy atom. The van der Waals surface area contributed by atoms with Gasteiger partial charge in [0.1, 0.15) is 11.5 Å². The van der Waals surface area contributed by atoms with Crippen LogP contribution in [0.3, 0.4) is 0 Å². The first-order valence-electron chi connectivity index (χ1n) is 43.2. The molecule has 0 heterocycles. The minimum atomic E-state index is -5.98. The Morgan fingerprint density at radius 3 is 1.29 bits per heavy atom. The Bertz CT molecular complexity index is 4820. The average Bonchev–Trinajstić information content (AvgIpc) is 0.704. The summed E-state index contributed by atoms with van der Waals surface area (Å²) in [5.41, 5.74) is 0.0776. The Morgan fingerprint density at radius 1 is 0.420 bits per heavy atom. The van der Waals surface area contributed by atoms with Crippen molar-refractivity contribution in [1.29, 1.82) is 0 Å². The molecule has 26 heteroatoms. The molecule has 7 N–H and O–H groups in total. The average molecular weight is 1720 g/mol. The van der Waals surface area contributed by atoms with Crippen molar-refractivity contribution in [2.24, 2.45) is 80.8 Å². The van der Waals surface area contributed by atoms with Crippen LogP contribution in [-0.4, -0.2) is 131 Å². The van der Waals surface area contributed by atoms with Crippen molar-refractivity contribution in [3.05, 3.63) is 169 Å². The fourth-order valence-corrected chi connectivity index (χ4v) is 31.5. The van der Waals surface area contributed by atoms with Crippen molar-refractivity contribution in [2.45, 2.75) is 274 Å². The molecule has 21 rings (SSSR count). The topological polar surface area (TPSA) is 274 Å². The van der Waals surface area contributed by atoms with E-state index in [0.29, 0.717) is 92.5 Å². The molecule has 0 aromatic heterocycles. The summed E-state index contributed by atoms with van der Waals surface area (Å²) >= 11 is 0. The number of fused-ring (bicyclic) bond motifs is 2. The lowest BCUT2D eigenvalue weighted by atomic mass is 9.45. The van der Waals surface area contributed by atoms with E-state index in [1.165, 1.54) is 37.1 Å². The van der Waals surface area contributed by atoms with Crippen LogP contribution in [0.25, 0.3) is 0 Å². The number of halogens is 4. The van der Waals surface area contributed by atoms with E-state index in [2.05, 4.69) is 55.5 Å². The third-order valence-electron chi connectivity index (χ3n) is 31.0. The normalized spacial score (nSPS) is 36.1. The summed E-state index contributed by atoms with van der Waals surface area (Å²) in [5.74, 6) is 1.66. The van der Waals surface area contributed by atoms with Crippen molar-refractivity contribution >= 4 is 42.0 Å². The summed E-state index contributed by atoms with van der Waals surface area (Å²) in [4.78, 5) is 5.36. The molecule has 0 saturated heterocycles. The molecule has 0 aliphatic heterocycles. The molecule has 18 nitrogen and oxygen atoms in total. The molecule has 0 amide bonds. The summed E-state index contributed by atoms with van der Waals surface area (Å²) in [7, 11) is -13.5. The Labute approximate surface area is 701 Å². The van der Waals surface area contributed by atoms with Crippen LogP contribution in [0.1, 0.15) is 192 Å².